The van der Waals surface area contributed by atoms with Gasteiger partial charge in [-0.2, -0.15) is 0 Å². The Kier molecular flexibility index (Phi) is 5.62. The Morgan fingerprint density at radius 3 is 2.85 bits per heavy atom. The van der Waals surface area contributed by atoms with Gasteiger partial charge in [-0.1, -0.05) is 11.8 Å². The molecule has 2 aromatic rings. The van der Waals surface area contributed by atoms with Crippen LogP contribution in [0, 0.1) is 0 Å². The topological polar surface area (TPSA) is 89.6 Å². The van der Waals surface area contributed by atoms with Gasteiger partial charge in [0.05, 0.1) is 11.3 Å². The number of nitrogens with zero attached hydrogens (tertiary/aromatic N) is 1. The zero-order chi connectivity index (χ0) is 18.5. The van der Waals surface area contributed by atoms with Gasteiger partial charge in [-0.05, 0) is 38.1 Å². The molecule has 0 bridgehead atoms. The second-order valence-corrected chi connectivity index (χ2v) is 6.85. The summed E-state index contributed by atoms with van der Waals surface area (Å²) in [7, 11) is 0. The Balaban J connectivity index is 1.60. The Morgan fingerprint density at radius 2 is 2.04 bits per heavy atom. The van der Waals surface area contributed by atoms with Crippen LogP contribution in [0.25, 0.3) is 0 Å². The number of carbonyl (C=O) groups is 2. The van der Waals surface area contributed by atoms with E-state index < -0.39 is 0 Å². The van der Waals surface area contributed by atoms with E-state index in [1.54, 1.807) is 36.5 Å². The lowest BCUT2D eigenvalue weighted by molar-refractivity contribution is -0.113. The molecule has 0 aliphatic carbocycles. The molecule has 2 heterocycles. The number of hydrogen-bond acceptors (Lipinski definition) is 6. The predicted molar refractivity (Wildman–Crippen MR) is 98.8 cm³/mol. The molecule has 7 nitrogen and oxygen atoms in total. The van der Waals surface area contributed by atoms with Crippen molar-refractivity contribution in [2.45, 2.75) is 24.9 Å². The maximum absolute atomic E-state index is 12.2. The molecular formula is C18H19N3O4S. The molecule has 26 heavy (non-hydrogen) atoms. The predicted octanol–water partition coefficient (Wildman–Crippen LogP) is 2.68. The van der Waals surface area contributed by atoms with Crippen molar-refractivity contribution in [3.05, 3.63) is 42.1 Å². The fourth-order valence-corrected chi connectivity index (χ4v) is 3.12. The first kappa shape index (κ1) is 18.1. The number of amides is 2. The summed E-state index contributed by atoms with van der Waals surface area (Å²) in [5, 5.41) is 6.15. The van der Waals surface area contributed by atoms with Crippen LogP contribution in [0.3, 0.4) is 0 Å². The van der Waals surface area contributed by atoms with Crippen LogP contribution in [0.2, 0.25) is 0 Å². The van der Waals surface area contributed by atoms with Crippen LogP contribution in [0.4, 0.5) is 5.69 Å². The van der Waals surface area contributed by atoms with Gasteiger partial charge in [0.2, 0.25) is 12.7 Å². The largest absolute Gasteiger partial charge is 0.454 e. The molecule has 0 atom stereocenters. The first-order valence-corrected chi connectivity index (χ1v) is 9.09. The number of fused-ring (bicyclic) bond motifs is 1. The number of aromatic nitrogens is 1. The third kappa shape index (κ3) is 4.45. The molecule has 0 unspecified atom stereocenters. The van der Waals surface area contributed by atoms with Crippen LogP contribution in [-0.2, 0) is 4.79 Å². The number of pyridine rings is 1. The zero-order valence-corrected chi connectivity index (χ0v) is 15.3. The summed E-state index contributed by atoms with van der Waals surface area (Å²) >= 11 is 1.22. The van der Waals surface area contributed by atoms with E-state index in [0.29, 0.717) is 27.8 Å². The normalized spacial score (nSPS) is 12.1. The van der Waals surface area contributed by atoms with E-state index in [2.05, 4.69) is 15.6 Å². The van der Waals surface area contributed by atoms with E-state index >= 15 is 0 Å². The minimum absolute atomic E-state index is 0.0230. The van der Waals surface area contributed by atoms with E-state index in [0.717, 1.165) is 0 Å². The Bertz CT molecular complexity index is 826. The zero-order valence-electron chi connectivity index (χ0n) is 14.4. The second kappa shape index (κ2) is 8.09. The quantitative estimate of drug-likeness (QED) is 0.757. The van der Waals surface area contributed by atoms with E-state index in [4.69, 9.17) is 9.47 Å². The first-order valence-electron chi connectivity index (χ1n) is 8.11. The average Bonchev–Trinajstić information content (AvgIpc) is 3.07. The molecule has 8 heteroatoms. The highest BCUT2D eigenvalue weighted by Crippen LogP contribution is 2.34. The van der Waals surface area contributed by atoms with Gasteiger partial charge in [0, 0.05) is 24.0 Å². The molecule has 3 rings (SSSR count). The highest BCUT2D eigenvalue weighted by molar-refractivity contribution is 8.00. The maximum Gasteiger partial charge on any atom is 0.254 e. The lowest BCUT2D eigenvalue weighted by Crippen LogP contribution is -2.30. The van der Waals surface area contributed by atoms with Gasteiger partial charge in [0.1, 0.15) is 5.03 Å². The van der Waals surface area contributed by atoms with Gasteiger partial charge in [0.25, 0.3) is 5.91 Å². The number of carbonyl (C=O) groups excluding carboxylic acids is 2. The summed E-state index contributed by atoms with van der Waals surface area (Å²) in [6, 6.07) is 8.63. The lowest BCUT2D eigenvalue weighted by Gasteiger charge is -2.11. The van der Waals surface area contributed by atoms with Crippen molar-refractivity contribution in [2.24, 2.45) is 0 Å². The number of hydrogen-bond donors (Lipinski definition) is 2. The van der Waals surface area contributed by atoms with E-state index in [9.17, 15) is 9.59 Å². The van der Waals surface area contributed by atoms with Crippen molar-refractivity contribution in [1.82, 2.24) is 10.3 Å². The highest BCUT2D eigenvalue weighted by Gasteiger charge is 2.16. The van der Waals surface area contributed by atoms with Crippen molar-refractivity contribution in [3.8, 4) is 11.5 Å². The molecule has 0 saturated heterocycles. The van der Waals surface area contributed by atoms with Crippen molar-refractivity contribution in [1.29, 1.82) is 0 Å². The molecule has 2 amide bonds. The maximum atomic E-state index is 12.2. The second-order valence-electron chi connectivity index (χ2n) is 5.89. The smallest absolute Gasteiger partial charge is 0.254 e. The van der Waals surface area contributed by atoms with Gasteiger partial charge in [0.15, 0.2) is 11.5 Å². The SMILES string of the molecule is CC(C)NC(=O)c1cccnc1SCC(=O)Nc1ccc2c(c1)OCO2. The number of benzene rings is 1. The average molecular weight is 373 g/mol. The molecule has 0 spiro atoms. The fourth-order valence-electron chi connectivity index (χ4n) is 2.32. The standard InChI is InChI=1S/C18H19N3O4S/c1-11(2)20-17(23)13-4-3-7-19-18(13)26-9-16(22)21-12-5-6-14-15(8-12)25-10-24-14/h3-8,11H,9-10H2,1-2H3,(H,20,23)(H,21,22). The van der Waals surface area contributed by atoms with Gasteiger partial charge in [-0.25, -0.2) is 4.98 Å². The van der Waals surface area contributed by atoms with Crippen molar-refractivity contribution >= 4 is 29.3 Å². The van der Waals surface area contributed by atoms with E-state index in [1.165, 1.54) is 11.8 Å². The monoisotopic (exact) mass is 373 g/mol. The molecule has 1 aliphatic heterocycles. The summed E-state index contributed by atoms with van der Waals surface area (Å²) in [5.41, 5.74) is 1.08. The number of ether oxygens (including phenoxy) is 2. The molecule has 0 radical (unpaired) electrons. The van der Waals surface area contributed by atoms with E-state index in [1.807, 2.05) is 13.8 Å². The van der Waals surface area contributed by atoms with Gasteiger partial charge in [-0.3, -0.25) is 9.59 Å². The van der Waals surface area contributed by atoms with Crippen molar-refractivity contribution in [2.75, 3.05) is 17.9 Å². The number of nitrogens with one attached hydrogen (secondary N) is 2. The highest BCUT2D eigenvalue weighted by atomic mass is 32.2. The number of anilines is 1. The first-order chi connectivity index (χ1) is 12.5. The summed E-state index contributed by atoms with van der Waals surface area (Å²) in [6.07, 6.45) is 1.60. The van der Waals surface area contributed by atoms with Crippen LogP contribution in [-0.4, -0.2) is 35.4 Å². The minimum atomic E-state index is -0.202. The van der Waals surface area contributed by atoms with Crippen LogP contribution in [0.15, 0.2) is 41.6 Å². The molecule has 0 fully saturated rings. The molecule has 1 aromatic heterocycles. The van der Waals surface area contributed by atoms with Gasteiger partial charge in [-0.15, -0.1) is 0 Å². The summed E-state index contributed by atoms with van der Waals surface area (Å²) < 4.78 is 10.5. The van der Waals surface area contributed by atoms with Gasteiger partial charge < -0.3 is 20.1 Å². The van der Waals surface area contributed by atoms with E-state index in [-0.39, 0.29) is 30.4 Å². The fraction of sp³-hybridized carbons (Fsp3) is 0.278. The number of rotatable bonds is 6. The lowest BCUT2D eigenvalue weighted by atomic mass is 10.2. The Hall–Kier alpha value is -2.74. The summed E-state index contributed by atoms with van der Waals surface area (Å²) in [4.78, 5) is 28.7. The van der Waals surface area contributed by atoms with Crippen molar-refractivity contribution < 1.29 is 19.1 Å². The molecule has 1 aromatic carbocycles. The van der Waals surface area contributed by atoms with Crippen LogP contribution in [0.5, 0.6) is 11.5 Å². The summed E-state index contributed by atoms with van der Waals surface area (Å²) in [6.45, 7) is 3.96. The molecule has 2 N–H and O–H groups in total. The minimum Gasteiger partial charge on any atom is -0.454 e. The molecule has 136 valence electrons. The van der Waals surface area contributed by atoms with Gasteiger partial charge >= 0.3 is 0 Å². The third-order valence-electron chi connectivity index (χ3n) is 3.43. The molecule has 1 aliphatic rings. The van der Waals surface area contributed by atoms with Crippen molar-refractivity contribution in [3.63, 3.8) is 0 Å². The summed E-state index contributed by atoms with van der Waals surface area (Å²) in [5.74, 6) is 0.994. The Labute approximate surface area is 155 Å². The Morgan fingerprint density at radius 1 is 1.23 bits per heavy atom. The van der Waals surface area contributed by atoms with Crippen LogP contribution >= 0.6 is 11.8 Å². The van der Waals surface area contributed by atoms with Crippen LogP contribution < -0.4 is 20.1 Å². The molecular weight excluding hydrogens is 354 g/mol. The number of thioether (sulfide) groups is 1. The molecule has 0 saturated carbocycles. The third-order valence-corrected chi connectivity index (χ3v) is 4.44. The van der Waals surface area contributed by atoms with Crippen LogP contribution in [0.1, 0.15) is 24.2 Å².